The number of ether oxygens (including phenoxy) is 3. The molecule has 1 aromatic carbocycles. The third-order valence-electron chi connectivity index (χ3n) is 4.68. The van der Waals surface area contributed by atoms with Crippen LogP contribution in [0.25, 0.3) is 0 Å². The molecule has 0 saturated carbocycles. The van der Waals surface area contributed by atoms with E-state index >= 15 is 0 Å². The molecule has 1 unspecified atom stereocenters. The molecule has 1 amide bonds. The fourth-order valence-electron chi connectivity index (χ4n) is 3.46. The molecule has 2 heterocycles. The molecule has 0 aliphatic carbocycles. The third kappa shape index (κ3) is 3.30. The zero-order valence-electron chi connectivity index (χ0n) is 16.5. The van der Waals surface area contributed by atoms with E-state index in [1.165, 1.54) is 33.1 Å². The number of rotatable bonds is 6. The highest BCUT2D eigenvalue weighted by Crippen LogP contribution is 2.46. The Labute approximate surface area is 167 Å². The summed E-state index contributed by atoms with van der Waals surface area (Å²) in [5, 5.41) is 3.39. The molecule has 1 atom stereocenters. The zero-order valence-corrected chi connectivity index (χ0v) is 17.3. The number of benzene rings is 1. The maximum absolute atomic E-state index is 12.9. The van der Waals surface area contributed by atoms with Crippen LogP contribution in [0.3, 0.4) is 0 Å². The molecule has 0 bridgehead atoms. The summed E-state index contributed by atoms with van der Waals surface area (Å²) < 4.78 is 18.1. The van der Waals surface area contributed by atoms with Crippen LogP contribution in [0.5, 0.6) is 17.2 Å². The number of fused-ring (bicyclic) bond motifs is 1. The van der Waals surface area contributed by atoms with Crippen LogP contribution in [-0.4, -0.2) is 42.5 Å². The average Bonchev–Trinajstić information content (AvgIpc) is 2.69. The molecule has 0 spiro atoms. The third-order valence-corrected chi connectivity index (χ3v) is 5.60. The molecular weight excluding hydrogens is 382 g/mol. The number of aromatic nitrogens is 2. The summed E-state index contributed by atoms with van der Waals surface area (Å²) in [6.07, 6.45) is 0.107. The normalized spacial score (nSPS) is 15.6. The number of anilines is 1. The van der Waals surface area contributed by atoms with Gasteiger partial charge in [0.2, 0.25) is 11.7 Å². The molecule has 0 saturated heterocycles. The van der Waals surface area contributed by atoms with Gasteiger partial charge in [0, 0.05) is 24.9 Å². The molecule has 1 N–H and O–H groups in total. The van der Waals surface area contributed by atoms with Gasteiger partial charge in [-0.2, -0.15) is 4.98 Å². The minimum absolute atomic E-state index is 0.107. The van der Waals surface area contributed by atoms with Gasteiger partial charge in [-0.3, -0.25) is 9.59 Å². The van der Waals surface area contributed by atoms with E-state index in [1.54, 1.807) is 23.7 Å². The second-order valence-corrected chi connectivity index (χ2v) is 7.41. The summed E-state index contributed by atoms with van der Waals surface area (Å²) in [4.78, 5) is 29.6. The molecule has 2 aromatic rings. The number of amides is 1. The molecule has 3 rings (SSSR count). The fraction of sp³-hybridized carbons (Fsp3) is 0.421. The maximum Gasteiger partial charge on any atom is 0.279 e. The molecule has 0 radical (unpaired) electrons. The first-order valence-corrected chi connectivity index (χ1v) is 9.77. The van der Waals surface area contributed by atoms with Crippen molar-refractivity contribution in [1.29, 1.82) is 0 Å². The van der Waals surface area contributed by atoms with Gasteiger partial charge in [-0.25, -0.2) is 0 Å². The van der Waals surface area contributed by atoms with Crippen molar-refractivity contribution in [3.05, 3.63) is 33.6 Å². The Morgan fingerprint density at radius 2 is 1.89 bits per heavy atom. The van der Waals surface area contributed by atoms with Crippen molar-refractivity contribution in [3.63, 3.8) is 0 Å². The first-order chi connectivity index (χ1) is 13.5. The predicted octanol–water partition coefficient (Wildman–Crippen LogP) is 2.39. The summed E-state index contributed by atoms with van der Waals surface area (Å²) in [7, 11) is 6.35. The Kier molecular flexibility index (Phi) is 5.83. The van der Waals surface area contributed by atoms with E-state index in [0.29, 0.717) is 39.3 Å². The lowest BCUT2D eigenvalue weighted by Crippen LogP contribution is -2.33. The van der Waals surface area contributed by atoms with Crippen molar-refractivity contribution in [3.8, 4) is 17.2 Å². The predicted molar refractivity (Wildman–Crippen MR) is 107 cm³/mol. The highest BCUT2D eigenvalue weighted by atomic mass is 32.2. The molecule has 150 valence electrons. The Morgan fingerprint density at radius 1 is 1.18 bits per heavy atom. The Hall–Kier alpha value is -2.68. The summed E-state index contributed by atoms with van der Waals surface area (Å²) in [6, 6.07) is 3.53. The lowest BCUT2D eigenvalue weighted by molar-refractivity contribution is -0.116. The van der Waals surface area contributed by atoms with Crippen molar-refractivity contribution >= 4 is 23.5 Å². The molecule has 8 nitrogen and oxygen atoms in total. The van der Waals surface area contributed by atoms with Gasteiger partial charge in [0.1, 0.15) is 5.82 Å². The van der Waals surface area contributed by atoms with Gasteiger partial charge in [0.25, 0.3) is 5.56 Å². The van der Waals surface area contributed by atoms with E-state index < -0.39 is 5.92 Å². The van der Waals surface area contributed by atoms with Gasteiger partial charge in [-0.05, 0) is 11.8 Å². The van der Waals surface area contributed by atoms with E-state index in [-0.39, 0.29) is 17.9 Å². The molecule has 1 aromatic heterocycles. The SMILES string of the molecule is CCSc1nc(=O)c2c(n1C)NC(=O)CC2c1ccc(OC)c(OC)c1OC. The Balaban J connectivity index is 2.26. The van der Waals surface area contributed by atoms with Crippen molar-refractivity contribution in [2.75, 3.05) is 32.4 Å². The minimum Gasteiger partial charge on any atom is -0.493 e. The largest absolute Gasteiger partial charge is 0.493 e. The van der Waals surface area contributed by atoms with Crippen LogP contribution in [-0.2, 0) is 11.8 Å². The standard InChI is InChI=1S/C19H23N3O5S/c1-6-28-19-21-18(24)14-11(9-13(23)20-17(14)22(19)2)10-7-8-12(25-3)16(27-5)15(10)26-4/h7-8,11H,6,9H2,1-5H3,(H,20,23). The molecule has 9 heteroatoms. The molecule has 1 aliphatic heterocycles. The topological polar surface area (TPSA) is 91.7 Å². The monoisotopic (exact) mass is 405 g/mol. The number of thioether (sulfide) groups is 1. The van der Waals surface area contributed by atoms with E-state index in [9.17, 15) is 9.59 Å². The van der Waals surface area contributed by atoms with Crippen molar-refractivity contribution in [1.82, 2.24) is 9.55 Å². The van der Waals surface area contributed by atoms with Gasteiger partial charge < -0.3 is 24.1 Å². The zero-order chi connectivity index (χ0) is 20.4. The van der Waals surface area contributed by atoms with Gasteiger partial charge in [-0.1, -0.05) is 24.8 Å². The second-order valence-electron chi connectivity index (χ2n) is 6.18. The fourth-order valence-corrected chi connectivity index (χ4v) is 4.15. The van der Waals surface area contributed by atoms with Crippen LogP contribution in [0.1, 0.15) is 30.4 Å². The average molecular weight is 405 g/mol. The summed E-state index contributed by atoms with van der Waals surface area (Å²) >= 11 is 1.45. The Bertz CT molecular complexity index is 973. The summed E-state index contributed by atoms with van der Waals surface area (Å²) in [6.45, 7) is 1.98. The number of hydrogen-bond donors (Lipinski definition) is 1. The van der Waals surface area contributed by atoms with Gasteiger partial charge in [0.05, 0.1) is 26.9 Å². The lowest BCUT2D eigenvalue weighted by atomic mass is 9.86. The smallest absolute Gasteiger partial charge is 0.279 e. The van der Waals surface area contributed by atoms with Crippen LogP contribution in [0.4, 0.5) is 5.82 Å². The highest BCUT2D eigenvalue weighted by Gasteiger charge is 2.35. The first-order valence-electron chi connectivity index (χ1n) is 8.79. The van der Waals surface area contributed by atoms with E-state index in [0.717, 1.165) is 5.75 Å². The van der Waals surface area contributed by atoms with E-state index in [1.807, 2.05) is 6.92 Å². The lowest BCUT2D eigenvalue weighted by Gasteiger charge is -2.29. The Morgan fingerprint density at radius 3 is 2.50 bits per heavy atom. The van der Waals surface area contributed by atoms with Gasteiger partial charge >= 0.3 is 0 Å². The second kappa shape index (κ2) is 8.14. The quantitative estimate of drug-likeness (QED) is 0.583. The van der Waals surface area contributed by atoms with Crippen molar-refractivity contribution < 1.29 is 19.0 Å². The van der Waals surface area contributed by atoms with Crippen LogP contribution in [0.15, 0.2) is 22.1 Å². The number of carbonyl (C=O) groups is 1. The number of nitrogens with zero attached hydrogens (tertiary/aromatic N) is 2. The van der Waals surface area contributed by atoms with Crippen molar-refractivity contribution in [2.45, 2.75) is 24.4 Å². The van der Waals surface area contributed by atoms with Gasteiger partial charge in [0.15, 0.2) is 16.7 Å². The molecule has 1 aliphatic rings. The van der Waals surface area contributed by atoms with Crippen LogP contribution >= 0.6 is 11.8 Å². The highest BCUT2D eigenvalue weighted by molar-refractivity contribution is 7.99. The van der Waals surface area contributed by atoms with E-state index in [2.05, 4.69) is 10.3 Å². The van der Waals surface area contributed by atoms with Crippen LogP contribution in [0, 0.1) is 0 Å². The van der Waals surface area contributed by atoms with Crippen LogP contribution in [0.2, 0.25) is 0 Å². The maximum atomic E-state index is 12.9. The number of methoxy groups -OCH3 is 3. The van der Waals surface area contributed by atoms with Crippen molar-refractivity contribution in [2.24, 2.45) is 7.05 Å². The van der Waals surface area contributed by atoms with Crippen LogP contribution < -0.4 is 25.1 Å². The minimum atomic E-state index is -0.509. The van der Waals surface area contributed by atoms with E-state index in [4.69, 9.17) is 14.2 Å². The number of nitrogens with one attached hydrogen (secondary N) is 1. The number of carbonyl (C=O) groups excluding carboxylic acids is 1. The summed E-state index contributed by atoms with van der Waals surface area (Å²) in [5.74, 6) is 1.89. The molecule has 28 heavy (non-hydrogen) atoms. The van der Waals surface area contributed by atoms with Gasteiger partial charge in [-0.15, -0.1) is 0 Å². The molecular formula is C19H23N3O5S. The molecule has 0 fully saturated rings. The first kappa shape index (κ1) is 20.1. The summed E-state index contributed by atoms with van der Waals surface area (Å²) in [5.41, 5.74) is 0.755. The number of hydrogen-bond acceptors (Lipinski definition) is 7.